The molecule has 0 radical (unpaired) electrons. The van der Waals surface area contributed by atoms with Gasteiger partial charge in [-0.05, 0) is 50.3 Å². The van der Waals surface area contributed by atoms with E-state index in [1.165, 1.54) is 5.56 Å². The quantitative estimate of drug-likeness (QED) is 0.494. The lowest BCUT2D eigenvalue weighted by Crippen LogP contribution is -2.48. The average Bonchev–Trinajstić information content (AvgIpc) is 3.26. The second-order valence-corrected chi connectivity index (χ2v) is 9.58. The molecule has 0 spiro atoms. The highest BCUT2D eigenvalue weighted by Crippen LogP contribution is 2.40. The molecule has 0 aromatic heterocycles. The van der Waals surface area contributed by atoms with Crippen molar-refractivity contribution in [1.82, 2.24) is 15.5 Å². The Kier molecular flexibility index (Phi) is 8.23. The summed E-state index contributed by atoms with van der Waals surface area (Å²) in [5, 5.41) is 7.70. The minimum atomic E-state index is -0.366. The van der Waals surface area contributed by atoms with Crippen molar-refractivity contribution in [2.45, 2.75) is 50.9 Å². The first-order valence-corrected chi connectivity index (χ1v) is 11.9. The minimum absolute atomic E-state index is 0.0517. The lowest BCUT2D eigenvalue weighted by atomic mass is 9.74. The highest BCUT2D eigenvalue weighted by atomic mass is 35.5. The zero-order valence-corrected chi connectivity index (χ0v) is 19.9. The number of nitrogens with zero attached hydrogens (tertiary/aromatic N) is 2. The summed E-state index contributed by atoms with van der Waals surface area (Å²) in [4.78, 5) is 19.5. The fourth-order valence-corrected chi connectivity index (χ4v) is 5.13. The summed E-state index contributed by atoms with van der Waals surface area (Å²) >= 11 is 6.31. The van der Waals surface area contributed by atoms with Gasteiger partial charge in [-0.25, -0.2) is 0 Å². The normalized spacial score (nSPS) is 20.3. The third-order valence-corrected chi connectivity index (χ3v) is 7.02. The number of carbonyl (C=O) groups is 1. The molecule has 1 aromatic rings. The smallest absolute Gasteiger partial charge is 0.230 e. The Labute approximate surface area is 191 Å². The van der Waals surface area contributed by atoms with Gasteiger partial charge in [0.2, 0.25) is 5.91 Å². The highest BCUT2D eigenvalue weighted by molar-refractivity contribution is 6.30. The fourth-order valence-electron chi connectivity index (χ4n) is 4.94. The molecular formula is C24H37ClN4O2. The van der Waals surface area contributed by atoms with Crippen LogP contribution < -0.4 is 10.6 Å². The third kappa shape index (κ3) is 5.72. The van der Waals surface area contributed by atoms with Crippen LogP contribution in [0.4, 0.5) is 0 Å². The standard InChI is InChI=1S/C24H37ClN4O2/c1-4-26-22(28-18-24(10-5-6-11-24)21(30)29(2)3)27-17-23(12-14-31-15-13-23)19-8-7-9-20(25)16-19/h7-9,16H,4-6,10-15,17-18H2,1-3H3,(H2,26,27,28). The van der Waals surface area contributed by atoms with Crippen LogP contribution in [-0.4, -0.2) is 63.7 Å². The van der Waals surface area contributed by atoms with Crippen LogP contribution in [0.2, 0.25) is 5.02 Å². The summed E-state index contributed by atoms with van der Waals surface area (Å²) in [7, 11) is 3.69. The summed E-state index contributed by atoms with van der Waals surface area (Å²) in [5.74, 6) is 0.970. The van der Waals surface area contributed by atoms with Crippen LogP contribution in [0.25, 0.3) is 0 Å². The highest BCUT2D eigenvalue weighted by Gasteiger charge is 2.42. The van der Waals surface area contributed by atoms with Crippen molar-refractivity contribution in [1.29, 1.82) is 0 Å². The van der Waals surface area contributed by atoms with Gasteiger partial charge in [0, 0.05) is 50.8 Å². The molecule has 0 unspecified atom stereocenters. The van der Waals surface area contributed by atoms with Gasteiger partial charge in [-0.2, -0.15) is 0 Å². The van der Waals surface area contributed by atoms with E-state index >= 15 is 0 Å². The van der Waals surface area contributed by atoms with E-state index in [0.717, 1.165) is 75.8 Å². The second-order valence-electron chi connectivity index (χ2n) is 9.14. The molecule has 2 aliphatic rings. The zero-order valence-electron chi connectivity index (χ0n) is 19.2. The number of hydrogen-bond acceptors (Lipinski definition) is 3. The molecule has 1 amide bonds. The van der Waals surface area contributed by atoms with Crippen molar-refractivity contribution in [2.75, 3.05) is 46.9 Å². The molecule has 0 atom stereocenters. The molecule has 6 nitrogen and oxygen atoms in total. The van der Waals surface area contributed by atoms with Crippen LogP contribution in [0.3, 0.4) is 0 Å². The number of halogens is 1. The SMILES string of the molecule is CCNC(=NCC1(C(=O)N(C)C)CCCC1)NCC1(c2cccc(Cl)c2)CCOCC1. The number of amides is 1. The van der Waals surface area contributed by atoms with Crippen molar-refractivity contribution < 1.29 is 9.53 Å². The van der Waals surface area contributed by atoms with Crippen molar-refractivity contribution >= 4 is 23.5 Å². The molecule has 1 aromatic carbocycles. The molecular weight excluding hydrogens is 412 g/mol. The number of hydrogen-bond donors (Lipinski definition) is 2. The number of carbonyl (C=O) groups excluding carboxylic acids is 1. The Balaban J connectivity index is 1.77. The Morgan fingerprint density at radius 1 is 1.16 bits per heavy atom. The number of rotatable bonds is 7. The number of benzene rings is 1. The van der Waals surface area contributed by atoms with E-state index in [2.05, 4.69) is 29.7 Å². The van der Waals surface area contributed by atoms with Crippen molar-refractivity contribution in [3.8, 4) is 0 Å². The number of nitrogens with one attached hydrogen (secondary N) is 2. The molecule has 1 aliphatic carbocycles. The molecule has 2 fully saturated rings. The molecule has 7 heteroatoms. The first kappa shape index (κ1) is 23.9. The maximum absolute atomic E-state index is 12.9. The summed E-state index contributed by atoms with van der Waals surface area (Å²) in [6.45, 7) is 5.58. The van der Waals surface area contributed by atoms with E-state index in [1.807, 2.05) is 26.2 Å². The molecule has 1 aliphatic heterocycles. The van der Waals surface area contributed by atoms with Gasteiger partial charge >= 0.3 is 0 Å². The molecule has 1 saturated carbocycles. The molecule has 1 heterocycles. The van der Waals surface area contributed by atoms with Crippen LogP contribution >= 0.6 is 11.6 Å². The lowest BCUT2D eigenvalue weighted by molar-refractivity contribution is -0.138. The van der Waals surface area contributed by atoms with Crippen LogP contribution in [-0.2, 0) is 14.9 Å². The van der Waals surface area contributed by atoms with E-state index in [1.54, 1.807) is 4.90 Å². The molecule has 0 bridgehead atoms. The minimum Gasteiger partial charge on any atom is -0.381 e. The van der Waals surface area contributed by atoms with Crippen molar-refractivity contribution in [2.24, 2.45) is 10.4 Å². The first-order valence-electron chi connectivity index (χ1n) is 11.5. The molecule has 31 heavy (non-hydrogen) atoms. The van der Waals surface area contributed by atoms with Gasteiger partial charge < -0.3 is 20.3 Å². The summed E-state index contributed by atoms with van der Waals surface area (Å²) in [5.41, 5.74) is 0.820. The van der Waals surface area contributed by atoms with Crippen LogP contribution in [0.15, 0.2) is 29.3 Å². The predicted octanol–water partition coefficient (Wildman–Crippen LogP) is 3.59. The van der Waals surface area contributed by atoms with E-state index in [9.17, 15) is 4.79 Å². The Morgan fingerprint density at radius 3 is 2.48 bits per heavy atom. The van der Waals surface area contributed by atoms with Gasteiger partial charge in [-0.1, -0.05) is 36.6 Å². The monoisotopic (exact) mass is 448 g/mol. The Hall–Kier alpha value is -1.79. The molecule has 3 rings (SSSR count). The summed E-state index contributed by atoms with van der Waals surface area (Å²) in [6, 6.07) is 8.17. The average molecular weight is 449 g/mol. The van der Waals surface area contributed by atoms with Gasteiger partial charge in [0.25, 0.3) is 0 Å². The van der Waals surface area contributed by atoms with Crippen molar-refractivity contribution in [3.05, 3.63) is 34.9 Å². The fraction of sp³-hybridized carbons (Fsp3) is 0.667. The second kappa shape index (κ2) is 10.7. The summed E-state index contributed by atoms with van der Waals surface area (Å²) in [6.07, 6.45) is 5.88. The molecule has 1 saturated heterocycles. The molecule has 2 N–H and O–H groups in total. The summed E-state index contributed by atoms with van der Waals surface area (Å²) < 4.78 is 5.66. The van der Waals surface area contributed by atoms with E-state index < -0.39 is 0 Å². The van der Waals surface area contributed by atoms with Crippen LogP contribution in [0.5, 0.6) is 0 Å². The number of guanidine groups is 1. The van der Waals surface area contributed by atoms with E-state index in [0.29, 0.717) is 6.54 Å². The van der Waals surface area contributed by atoms with Gasteiger partial charge in [0.1, 0.15) is 0 Å². The Bertz CT molecular complexity index is 769. The largest absolute Gasteiger partial charge is 0.381 e. The van der Waals surface area contributed by atoms with E-state index in [4.69, 9.17) is 21.3 Å². The number of ether oxygens (including phenoxy) is 1. The van der Waals surface area contributed by atoms with Gasteiger partial charge in [0.05, 0.1) is 12.0 Å². The molecule has 172 valence electrons. The maximum atomic E-state index is 12.9. The first-order chi connectivity index (χ1) is 14.9. The third-order valence-electron chi connectivity index (χ3n) is 6.79. The van der Waals surface area contributed by atoms with Gasteiger partial charge in [-0.3, -0.25) is 9.79 Å². The van der Waals surface area contributed by atoms with Crippen molar-refractivity contribution in [3.63, 3.8) is 0 Å². The van der Waals surface area contributed by atoms with E-state index in [-0.39, 0.29) is 16.7 Å². The maximum Gasteiger partial charge on any atom is 0.230 e. The van der Waals surface area contributed by atoms with Crippen LogP contribution in [0, 0.1) is 5.41 Å². The zero-order chi connectivity index (χ0) is 22.3. The lowest BCUT2D eigenvalue weighted by Gasteiger charge is -2.38. The Morgan fingerprint density at radius 2 is 1.87 bits per heavy atom. The van der Waals surface area contributed by atoms with Gasteiger partial charge in [0.15, 0.2) is 5.96 Å². The number of aliphatic imine (C=N–C) groups is 1. The topological polar surface area (TPSA) is 66.0 Å². The van der Waals surface area contributed by atoms with Crippen LogP contribution in [0.1, 0.15) is 51.0 Å². The van der Waals surface area contributed by atoms with Gasteiger partial charge in [-0.15, -0.1) is 0 Å². The predicted molar refractivity (Wildman–Crippen MR) is 127 cm³/mol.